The van der Waals surface area contributed by atoms with Gasteiger partial charge in [-0.25, -0.2) is 9.78 Å². The first kappa shape index (κ1) is 17.7. The first-order valence-electron chi connectivity index (χ1n) is 8.21. The molecule has 0 amide bonds. The zero-order valence-electron chi connectivity index (χ0n) is 14.4. The number of fused-ring (bicyclic) bond motifs is 1. The summed E-state index contributed by atoms with van der Waals surface area (Å²) in [7, 11) is 0. The summed E-state index contributed by atoms with van der Waals surface area (Å²) in [4.78, 5) is 16.7. The van der Waals surface area contributed by atoms with Crippen LogP contribution in [0.3, 0.4) is 0 Å². The minimum Gasteiger partial charge on any atom is -0.452 e. The maximum absolute atomic E-state index is 12.1. The van der Waals surface area contributed by atoms with E-state index in [-0.39, 0.29) is 12.5 Å². The highest BCUT2D eigenvalue weighted by atomic mass is 32.2. The van der Waals surface area contributed by atoms with E-state index < -0.39 is 5.97 Å². The van der Waals surface area contributed by atoms with Crippen molar-refractivity contribution in [1.82, 2.24) is 15.2 Å². The van der Waals surface area contributed by atoms with Crippen LogP contribution in [0, 0.1) is 6.92 Å². The molecule has 0 saturated carbocycles. The van der Waals surface area contributed by atoms with Crippen LogP contribution in [-0.2, 0) is 17.1 Å². The molecule has 0 radical (unpaired) electrons. The van der Waals surface area contributed by atoms with Gasteiger partial charge in [0.1, 0.15) is 0 Å². The van der Waals surface area contributed by atoms with Gasteiger partial charge in [-0.05, 0) is 29.8 Å². The molecular formula is C19H15N3O3S2. The van der Waals surface area contributed by atoms with Gasteiger partial charge in [0.25, 0.3) is 5.89 Å². The van der Waals surface area contributed by atoms with Crippen LogP contribution >= 0.6 is 23.1 Å². The van der Waals surface area contributed by atoms with Crippen molar-refractivity contribution in [1.29, 1.82) is 0 Å². The number of aryl methyl sites for hydroxylation is 1. The molecular weight excluding hydrogens is 382 g/mol. The number of esters is 1. The molecule has 0 atom stereocenters. The van der Waals surface area contributed by atoms with Gasteiger partial charge in [0.2, 0.25) is 5.89 Å². The van der Waals surface area contributed by atoms with Gasteiger partial charge >= 0.3 is 5.97 Å². The fourth-order valence-corrected chi connectivity index (χ4v) is 4.43. The fourth-order valence-electron chi connectivity index (χ4n) is 2.40. The van der Waals surface area contributed by atoms with Gasteiger partial charge in [-0.15, -0.1) is 21.5 Å². The number of para-hydroxylation sites is 1. The number of hydrogen-bond donors (Lipinski definition) is 0. The van der Waals surface area contributed by atoms with Crippen LogP contribution in [0.4, 0.5) is 0 Å². The van der Waals surface area contributed by atoms with Gasteiger partial charge in [-0.2, -0.15) is 0 Å². The lowest BCUT2D eigenvalue weighted by Gasteiger charge is -2.04. The van der Waals surface area contributed by atoms with Gasteiger partial charge in [-0.3, -0.25) is 0 Å². The van der Waals surface area contributed by atoms with Gasteiger partial charge in [0.05, 0.1) is 15.8 Å². The number of thiazole rings is 1. The minimum atomic E-state index is -0.420. The topological polar surface area (TPSA) is 78.1 Å². The zero-order valence-corrected chi connectivity index (χ0v) is 16.0. The molecule has 2 aromatic heterocycles. The van der Waals surface area contributed by atoms with E-state index >= 15 is 0 Å². The van der Waals surface area contributed by atoms with Crippen molar-refractivity contribution in [2.75, 3.05) is 0 Å². The summed E-state index contributed by atoms with van der Waals surface area (Å²) in [6, 6.07) is 15.5. The summed E-state index contributed by atoms with van der Waals surface area (Å²) in [6.07, 6.45) is 0. The van der Waals surface area contributed by atoms with Crippen molar-refractivity contribution in [2.45, 2.75) is 23.6 Å². The van der Waals surface area contributed by atoms with Crippen LogP contribution in [0.5, 0.6) is 0 Å². The number of aromatic nitrogens is 3. The predicted molar refractivity (Wildman–Crippen MR) is 104 cm³/mol. The molecule has 2 aromatic carbocycles. The molecule has 0 bridgehead atoms. The van der Waals surface area contributed by atoms with Gasteiger partial charge in [0.15, 0.2) is 10.9 Å². The Kier molecular flexibility index (Phi) is 5.17. The number of rotatable bonds is 6. The van der Waals surface area contributed by atoms with Crippen LogP contribution in [-0.4, -0.2) is 21.2 Å². The highest BCUT2D eigenvalue weighted by Gasteiger charge is 2.11. The number of nitrogens with zero attached hydrogens (tertiary/aromatic N) is 3. The molecule has 6 nitrogen and oxygen atoms in total. The minimum absolute atomic E-state index is 0.0329. The summed E-state index contributed by atoms with van der Waals surface area (Å²) in [5.41, 5.74) is 2.63. The van der Waals surface area contributed by atoms with Crippen molar-refractivity contribution < 1.29 is 13.9 Å². The Bertz CT molecular complexity index is 1040. The first-order chi connectivity index (χ1) is 13.2. The second-order valence-corrected chi connectivity index (χ2v) is 7.98. The Morgan fingerprint density at radius 1 is 1.15 bits per heavy atom. The van der Waals surface area contributed by atoms with E-state index in [1.807, 2.05) is 30.3 Å². The number of hydrogen-bond acceptors (Lipinski definition) is 8. The Morgan fingerprint density at radius 2 is 1.96 bits per heavy atom. The van der Waals surface area contributed by atoms with E-state index in [0.717, 1.165) is 21.2 Å². The molecule has 8 heteroatoms. The number of thioether (sulfide) groups is 1. The van der Waals surface area contributed by atoms with Gasteiger partial charge in [0, 0.05) is 12.7 Å². The molecule has 0 spiro atoms. The van der Waals surface area contributed by atoms with E-state index in [2.05, 4.69) is 21.2 Å². The Morgan fingerprint density at radius 3 is 2.70 bits per heavy atom. The molecule has 2 heterocycles. The molecule has 0 aliphatic heterocycles. The van der Waals surface area contributed by atoms with E-state index in [0.29, 0.717) is 11.5 Å². The van der Waals surface area contributed by atoms with Crippen LogP contribution in [0.1, 0.15) is 27.7 Å². The molecule has 4 aromatic rings. The molecule has 0 fully saturated rings. The smallest absolute Gasteiger partial charge is 0.338 e. The summed E-state index contributed by atoms with van der Waals surface area (Å²) in [5, 5.41) is 7.49. The maximum Gasteiger partial charge on any atom is 0.338 e. The van der Waals surface area contributed by atoms with Gasteiger partial charge < -0.3 is 9.15 Å². The second-order valence-electron chi connectivity index (χ2n) is 5.72. The molecule has 136 valence electrons. The van der Waals surface area contributed by atoms with E-state index in [1.165, 1.54) is 4.70 Å². The number of carbonyl (C=O) groups is 1. The molecule has 4 rings (SSSR count). The Balaban J connectivity index is 1.33. The maximum atomic E-state index is 12.1. The molecule has 0 aliphatic rings. The van der Waals surface area contributed by atoms with Crippen LogP contribution in [0.25, 0.3) is 10.2 Å². The highest BCUT2D eigenvalue weighted by Crippen LogP contribution is 2.31. The molecule has 0 unspecified atom stereocenters. The molecule has 27 heavy (non-hydrogen) atoms. The summed E-state index contributed by atoms with van der Waals surface area (Å²) < 4.78 is 12.6. The van der Waals surface area contributed by atoms with Crippen LogP contribution in [0.2, 0.25) is 0 Å². The van der Waals surface area contributed by atoms with Crippen molar-refractivity contribution in [3.05, 3.63) is 71.4 Å². The van der Waals surface area contributed by atoms with Crippen molar-refractivity contribution in [3.8, 4) is 0 Å². The normalized spacial score (nSPS) is 11.0. The fraction of sp³-hybridized carbons (Fsp3) is 0.158. The quantitative estimate of drug-likeness (QED) is 0.346. The van der Waals surface area contributed by atoms with E-state index in [1.54, 1.807) is 42.2 Å². The number of ether oxygens (including phenoxy) is 1. The number of carbonyl (C=O) groups excluding carboxylic acids is 1. The lowest BCUT2D eigenvalue weighted by molar-refractivity contribution is 0.0437. The van der Waals surface area contributed by atoms with Crippen molar-refractivity contribution >= 4 is 39.3 Å². The predicted octanol–water partition coefficient (Wildman–Crippen LogP) is 4.64. The molecule has 0 aliphatic carbocycles. The van der Waals surface area contributed by atoms with Crippen LogP contribution in [0.15, 0.2) is 57.3 Å². The first-order valence-corrected chi connectivity index (χ1v) is 10.0. The summed E-state index contributed by atoms with van der Waals surface area (Å²) in [6.45, 7) is 1.65. The average molecular weight is 397 g/mol. The standard InChI is InChI=1S/C19H15N3O3S2/c1-12-21-22-17(25-12)10-24-18(23)14-8-6-13(7-9-14)11-26-19-20-15-4-2-3-5-16(15)27-19/h2-9H,10-11H2,1H3. The van der Waals surface area contributed by atoms with Crippen molar-refractivity contribution in [3.63, 3.8) is 0 Å². The Labute approximate surface area is 163 Å². The molecule has 0 N–H and O–H groups in total. The Hall–Kier alpha value is -2.71. The highest BCUT2D eigenvalue weighted by molar-refractivity contribution is 8.00. The lowest BCUT2D eigenvalue weighted by atomic mass is 10.1. The van der Waals surface area contributed by atoms with Crippen molar-refractivity contribution in [2.24, 2.45) is 0 Å². The van der Waals surface area contributed by atoms with Gasteiger partial charge in [-0.1, -0.05) is 36.0 Å². The second kappa shape index (κ2) is 7.89. The average Bonchev–Trinajstić information content (AvgIpc) is 3.30. The monoisotopic (exact) mass is 397 g/mol. The van der Waals surface area contributed by atoms with E-state index in [9.17, 15) is 4.79 Å². The third-order valence-corrected chi connectivity index (χ3v) is 5.97. The summed E-state index contributed by atoms with van der Waals surface area (Å²) >= 11 is 3.38. The van der Waals surface area contributed by atoms with Crippen LogP contribution < -0.4 is 0 Å². The number of benzene rings is 2. The van der Waals surface area contributed by atoms with E-state index in [4.69, 9.17) is 9.15 Å². The lowest BCUT2D eigenvalue weighted by Crippen LogP contribution is -2.05. The summed E-state index contributed by atoms with van der Waals surface area (Å²) in [5.74, 6) is 1.09. The molecule has 0 saturated heterocycles. The third-order valence-electron chi connectivity index (χ3n) is 3.72. The SMILES string of the molecule is Cc1nnc(COC(=O)c2ccc(CSc3nc4ccccc4s3)cc2)o1. The third kappa shape index (κ3) is 4.35. The zero-order chi connectivity index (χ0) is 18.6. The largest absolute Gasteiger partial charge is 0.452 e.